The van der Waals surface area contributed by atoms with E-state index in [1.54, 1.807) is 4.90 Å². The Morgan fingerprint density at radius 1 is 1.39 bits per heavy atom. The summed E-state index contributed by atoms with van der Waals surface area (Å²) in [5, 5.41) is -0.126. The number of nitrogens with zero attached hydrogens (tertiary/aromatic N) is 1. The minimum Gasteiger partial charge on any atom is -0.337 e. The van der Waals surface area contributed by atoms with Crippen molar-refractivity contribution >= 4 is 29.1 Å². The van der Waals surface area contributed by atoms with Gasteiger partial charge in [-0.3, -0.25) is 4.79 Å². The lowest BCUT2D eigenvalue weighted by atomic mass is 10.2. The lowest BCUT2D eigenvalue weighted by Crippen LogP contribution is -2.34. The Kier molecular flexibility index (Phi) is 6.44. The molecule has 0 N–H and O–H groups in total. The van der Waals surface area contributed by atoms with Crippen molar-refractivity contribution in [2.45, 2.75) is 19.8 Å². The zero-order chi connectivity index (χ0) is 13.5. The van der Waals surface area contributed by atoms with E-state index in [9.17, 15) is 9.18 Å². The van der Waals surface area contributed by atoms with Gasteiger partial charge in [0.1, 0.15) is 5.82 Å². The van der Waals surface area contributed by atoms with Crippen LogP contribution in [0.4, 0.5) is 4.39 Å². The second kappa shape index (κ2) is 7.59. The molecule has 5 heteroatoms. The Bertz CT molecular complexity index is 412. The molecule has 0 fully saturated rings. The first-order valence-electron chi connectivity index (χ1n) is 5.91. The summed E-state index contributed by atoms with van der Waals surface area (Å²) >= 11 is 11.5. The van der Waals surface area contributed by atoms with Crippen molar-refractivity contribution in [2.24, 2.45) is 0 Å². The van der Waals surface area contributed by atoms with E-state index >= 15 is 0 Å². The van der Waals surface area contributed by atoms with Gasteiger partial charge in [0, 0.05) is 19.0 Å². The lowest BCUT2D eigenvalue weighted by molar-refractivity contribution is 0.0763. The predicted molar refractivity (Wildman–Crippen MR) is 72.9 cm³/mol. The maximum absolute atomic E-state index is 13.3. The van der Waals surface area contributed by atoms with Crippen molar-refractivity contribution in [3.8, 4) is 0 Å². The van der Waals surface area contributed by atoms with Crippen LogP contribution in [0.25, 0.3) is 0 Å². The van der Waals surface area contributed by atoms with Gasteiger partial charge >= 0.3 is 0 Å². The van der Waals surface area contributed by atoms with Crippen molar-refractivity contribution in [3.63, 3.8) is 0 Å². The van der Waals surface area contributed by atoms with Gasteiger partial charge in [-0.25, -0.2) is 4.39 Å². The topological polar surface area (TPSA) is 20.3 Å². The third-order valence-electron chi connectivity index (χ3n) is 2.61. The highest BCUT2D eigenvalue weighted by Gasteiger charge is 2.19. The van der Waals surface area contributed by atoms with Crippen molar-refractivity contribution in [3.05, 3.63) is 34.6 Å². The van der Waals surface area contributed by atoms with Crippen LogP contribution in [-0.2, 0) is 0 Å². The summed E-state index contributed by atoms with van der Waals surface area (Å²) in [6, 6.07) is 4.24. The highest BCUT2D eigenvalue weighted by atomic mass is 35.5. The SMILES string of the molecule is CCCCN(CCCl)C(=O)c1cccc(F)c1Cl. The summed E-state index contributed by atoms with van der Waals surface area (Å²) in [4.78, 5) is 13.8. The molecule has 1 rings (SSSR count). The molecule has 0 aromatic heterocycles. The Morgan fingerprint density at radius 2 is 2.11 bits per heavy atom. The zero-order valence-electron chi connectivity index (χ0n) is 10.3. The third-order valence-corrected chi connectivity index (χ3v) is 3.16. The molecule has 100 valence electrons. The molecule has 1 amide bonds. The van der Waals surface area contributed by atoms with E-state index in [1.807, 2.05) is 6.92 Å². The quantitative estimate of drug-likeness (QED) is 0.727. The minimum absolute atomic E-state index is 0.126. The number of alkyl halides is 1. The van der Waals surface area contributed by atoms with Crippen LogP contribution in [-0.4, -0.2) is 29.8 Å². The average Bonchev–Trinajstić information content (AvgIpc) is 2.37. The monoisotopic (exact) mass is 291 g/mol. The first-order valence-corrected chi connectivity index (χ1v) is 6.82. The van der Waals surface area contributed by atoms with Gasteiger partial charge in [-0.05, 0) is 18.6 Å². The molecule has 0 saturated heterocycles. The fraction of sp³-hybridized carbons (Fsp3) is 0.462. The molecule has 0 unspecified atom stereocenters. The molecule has 0 aliphatic heterocycles. The van der Waals surface area contributed by atoms with Gasteiger partial charge in [0.05, 0.1) is 10.6 Å². The first-order chi connectivity index (χ1) is 8.61. The molecular formula is C13H16Cl2FNO. The highest BCUT2D eigenvalue weighted by Crippen LogP contribution is 2.21. The second-order valence-corrected chi connectivity index (χ2v) is 4.69. The maximum atomic E-state index is 13.3. The molecule has 0 atom stereocenters. The molecule has 18 heavy (non-hydrogen) atoms. The molecule has 0 spiro atoms. The third kappa shape index (κ3) is 3.85. The Morgan fingerprint density at radius 3 is 2.72 bits per heavy atom. The van der Waals surface area contributed by atoms with Crippen molar-refractivity contribution in [1.29, 1.82) is 0 Å². The Hall–Kier alpha value is -0.800. The van der Waals surface area contributed by atoms with E-state index in [-0.39, 0.29) is 16.5 Å². The number of rotatable bonds is 6. The average molecular weight is 292 g/mol. The number of carbonyl (C=O) groups excluding carboxylic acids is 1. The van der Waals surface area contributed by atoms with E-state index in [1.165, 1.54) is 18.2 Å². The second-order valence-electron chi connectivity index (χ2n) is 3.94. The molecule has 1 aromatic carbocycles. The maximum Gasteiger partial charge on any atom is 0.255 e. The van der Waals surface area contributed by atoms with Crippen LogP contribution in [0.5, 0.6) is 0 Å². The number of hydrogen-bond acceptors (Lipinski definition) is 1. The number of halogens is 3. The van der Waals surface area contributed by atoms with Crippen LogP contribution in [0.15, 0.2) is 18.2 Å². The van der Waals surface area contributed by atoms with Gasteiger partial charge in [0.25, 0.3) is 5.91 Å². The summed E-state index contributed by atoms with van der Waals surface area (Å²) in [5.41, 5.74) is 0.192. The van der Waals surface area contributed by atoms with Crippen LogP contribution < -0.4 is 0 Å². The van der Waals surface area contributed by atoms with Crippen LogP contribution in [0.2, 0.25) is 5.02 Å². The molecular weight excluding hydrogens is 276 g/mol. The number of amides is 1. The van der Waals surface area contributed by atoms with E-state index in [0.717, 1.165) is 12.8 Å². The number of hydrogen-bond donors (Lipinski definition) is 0. The van der Waals surface area contributed by atoms with Gasteiger partial charge in [0.2, 0.25) is 0 Å². The summed E-state index contributed by atoms with van der Waals surface area (Å²) in [7, 11) is 0. The zero-order valence-corrected chi connectivity index (χ0v) is 11.8. The number of benzene rings is 1. The molecule has 0 radical (unpaired) electrons. The summed E-state index contributed by atoms with van der Waals surface area (Å²) in [6.45, 7) is 3.08. The van der Waals surface area contributed by atoms with Gasteiger partial charge < -0.3 is 4.90 Å². The van der Waals surface area contributed by atoms with Gasteiger partial charge in [0.15, 0.2) is 0 Å². The number of unbranched alkanes of at least 4 members (excludes halogenated alkanes) is 1. The van der Waals surface area contributed by atoms with Crippen molar-refractivity contribution < 1.29 is 9.18 Å². The van der Waals surface area contributed by atoms with Gasteiger partial charge in [-0.15, -0.1) is 11.6 Å². The van der Waals surface area contributed by atoms with Crippen LogP contribution >= 0.6 is 23.2 Å². The normalized spacial score (nSPS) is 10.4. The van der Waals surface area contributed by atoms with E-state index < -0.39 is 5.82 Å². The molecule has 0 aliphatic rings. The summed E-state index contributed by atoms with van der Waals surface area (Å²) in [5.74, 6) is -0.500. The summed E-state index contributed by atoms with van der Waals surface area (Å²) in [6.07, 6.45) is 1.86. The largest absolute Gasteiger partial charge is 0.337 e. The summed E-state index contributed by atoms with van der Waals surface area (Å²) < 4.78 is 13.3. The standard InChI is InChI=1S/C13H16Cl2FNO/c1-2-3-8-17(9-7-14)13(18)10-5-4-6-11(16)12(10)15/h4-6H,2-3,7-9H2,1H3. The van der Waals surface area contributed by atoms with E-state index in [2.05, 4.69) is 0 Å². The number of carbonyl (C=O) groups is 1. The Balaban J connectivity index is 2.90. The molecule has 1 aromatic rings. The fourth-order valence-corrected chi connectivity index (χ4v) is 2.02. The van der Waals surface area contributed by atoms with Gasteiger partial charge in [-0.2, -0.15) is 0 Å². The molecule has 0 heterocycles. The van der Waals surface area contributed by atoms with E-state index in [4.69, 9.17) is 23.2 Å². The van der Waals surface area contributed by atoms with Crippen molar-refractivity contribution in [1.82, 2.24) is 4.90 Å². The molecule has 0 bridgehead atoms. The predicted octanol–water partition coefficient (Wildman–Crippen LogP) is 3.96. The van der Waals surface area contributed by atoms with Crippen LogP contribution in [0, 0.1) is 5.82 Å². The molecule has 0 aliphatic carbocycles. The van der Waals surface area contributed by atoms with Crippen LogP contribution in [0.1, 0.15) is 30.1 Å². The molecule has 0 saturated carbocycles. The first kappa shape index (κ1) is 15.3. The minimum atomic E-state index is -0.580. The Labute approximate surface area is 117 Å². The smallest absolute Gasteiger partial charge is 0.255 e. The van der Waals surface area contributed by atoms with E-state index in [0.29, 0.717) is 19.0 Å². The van der Waals surface area contributed by atoms with Gasteiger partial charge in [-0.1, -0.05) is 31.0 Å². The highest BCUT2D eigenvalue weighted by molar-refractivity contribution is 6.34. The van der Waals surface area contributed by atoms with Crippen LogP contribution in [0.3, 0.4) is 0 Å². The molecule has 2 nitrogen and oxygen atoms in total. The fourth-order valence-electron chi connectivity index (χ4n) is 1.61. The lowest BCUT2D eigenvalue weighted by Gasteiger charge is -2.22. The van der Waals surface area contributed by atoms with Crippen molar-refractivity contribution in [2.75, 3.05) is 19.0 Å².